The lowest BCUT2D eigenvalue weighted by molar-refractivity contribution is 0.261. The molecule has 2 rings (SSSR count). The number of benzene rings is 2. The Bertz CT molecular complexity index is 692. The van der Waals surface area contributed by atoms with Crippen molar-refractivity contribution in [2.24, 2.45) is 0 Å². The molecule has 0 saturated carbocycles. The van der Waals surface area contributed by atoms with Crippen molar-refractivity contribution in [1.29, 1.82) is 0 Å². The molecule has 0 fully saturated rings. The van der Waals surface area contributed by atoms with Crippen LogP contribution in [0, 0.1) is 12.3 Å². The van der Waals surface area contributed by atoms with E-state index in [1.54, 1.807) is 0 Å². The summed E-state index contributed by atoms with van der Waals surface area (Å²) in [4.78, 5) is 2.10. The van der Waals surface area contributed by atoms with Crippen LogP contribution in [0.25, 0.3) is 0 Å². The molecule has 2 aromatic carbocycles. The Kier molecular flexibility index (Phi) is 7.84. The zero-order valence-electron chi connectivity index (χ0n) is 15.0. The van der Waals surface area contributed by atoms with E-state index in [1.165, 1.54) is 5.56 Å². The van der Waals surface area contributed by atoms with Gasteiger partial charge in [0.1, 0.15) is 24.7 Å². The highest BCUT2D eigenvalue weighted by Gasteiger charge is 2.03. The Labute approximate surface area is 150 Å². The minimum absolute atomic E-state index is 0.281. The van der Waals surface area contributed by atoms with Gasteiger partial charge in [0.2, 0.25) is 0 Å². The summed E-state index contributed by atoms with van der Waals surface area (Å²) >= 11 is 0. The third-order valence-electron chi connectivity index (χ3n) is 3.63. The van der Waals surface area contributed by atoms with E-state index in [2.05, 4.69) is 28.3 Å². The Morgan fingerprint density at radius 3 is 2.68 bits per heavy atom. The average Bonchev–Trinajstić information content (AvgIpc) is 2.61. The number of rotatable bonds is 10. The normalized spacial score (nSPS) is 10.5. The van der Waals surface area contributed by atoms with E-state index in [4.69, 9.17) is 15.9 Å². The van der Waals surface area contributed by atoms with Gasteiger partial charge < -0.3 is 19.7 Å². The minimum atomic E-state index is 0.281. The molecule has 0 spiro atoms. The maximum Gasteiger partial charge on any atom is 0.148 e. The Morgan fingerprint density at radius 2 is 1.88 bits per heavy atom. The molecule has 0 aliphatic rings. The van der Waals surface area contributed by atoms with Crippen LogP contribution in [-0.4, -0.2) is 38.8 Å². The van der Waals surface area contributed by atoms with Crippen LogP contribution in [-0.2, 0) is 13.1 Å². The maximum atomic E-state index is 5.78. The number of nitrogens with zero attached hydrogens (tertiary/aromatic N) is 1. The van der Waals surface area contributed by atoms with Crippen molar-refractivity contribution in [3.8, 4) is 23.8 Å². The van der Waals surface area contributed by atoms with Crippen LogP contribution in [0.1, 0.15) is 11.1 Å². The molecule has 4 heteroatoms. The van der Waals surface area contributed by atoms with Crippen LogP contribution < -0.4 is 14.8 Å². The average molecular weight is 338 g/mol. The predicted octanol–water partition coefficient (Wildman–Crippen LogP) is 2.93. The van der Waals surface area contributed by atoms with Gasteiger partial charge in [-0.15, -0.1) is 6.42 Å². The summed E-state index contributed by atoms with van der Waals surface area (Å²) in [6.07, 6.45) is 5.26. The van der Waals surface area contributed by atoms with Crippen molar-refractivity contribution in [2.75, 3.05) is 33.9 Å². The lowest BCUT2D eigenvalue weighted by Crippen LogP contribution is -2.19. The van der Waals surface area contributed by atoms with Crippen LogP contribution in [0.15, 0.2) is 48.5 Å². The summed E-state index contributed by atoms with van der Waals surface area (Å²) in [5.41, 5.74) is 2.28. The topological polar surface area (TPSA) is 33.7 Å². The maximum absolute atomic E-state index is 5.78. The zero-order chi connectivity index (χ0) is 17.9. The van der Waals surface area contributed by atoms with Gasteiger partial charge in [0, 0.05) is 25.2 Å². The number of para-hydroxylation sites is 1. The highest BCUT2D eigenvalue weighted by Crippen LogP contribution is 2.18. The van der Waals surface area contributed by atoms with Gasteiger partial charge in [-0.25, -0.2) is 0 Å². The smallest absolute Gasteiger partial charge is 0.148 e. The predicted molar refractivity (Wildman–Crippen MR) is 102 cm³/mol. The molecule has 0 unspecified atom stereocenters. The van der Waals surface area contributed by atoms with Crippen molar-refractivity contribution in [2.45, 2.75) is 13.1 Å². The Balaban J connectivity index is 1.85. The molecule has 0 radical (unpaired) electrons. The minimum Gasteiger partial charge on any atom is -0.492 e. The largest absolute Gasteiger partial charge is 0.492 e. The van der Waals surface area contributed by atoms with Crippen LogP contribution >= 0.6 is 0 Å². The van der Waals surface area contributed by atoms with E-state index >= 15 is 0 Å². The molecule has 0 aromatic heterocycles. The number of hydrogen-bond donors (Lipinski definition) is 1. The van der Waals surface area contributed by atoms with Gasteiger partial charge in [-0.05, 0) is 37.9 Å². The second-order valence-corrected chi connectivity index (χ2v) is 6.00. The Morgan fingerprint density at radius 1 is 1.04 bits per heavy atom. The number of ether oxygens (including phenoxy) is 2. The van der Waals surface area contributed by atoms with Gasteiger partial charge >= 0.3 is 0 Å². The Hall–Kier alpha value is -2.48. The quantitative estimate of drug-likeness (QED) is 0.676. The molecule has 0 atom stereocenters. The fourth-order valence-electron chi connectivity index (χ4n) is 2.34. The summed E-state index contributed by atoms with van der Waals surface area (Å²) in [7, 11) is 4.07. The molecular formula is C21H26N2O2. The third-order valence-corrected chi connectivity index (χ3v) is 3.63. The zero-order valence-corrected chi connectivity index (χ0v) is 15.0. The van der Waals surface area contributed by atoms with Gasteiger partial charge in [0.05, 0.1) is 0 Å². The molecular weight excluding hydrogens is 312 g/mol. The summed E-state index contributed by atoms with van der Waals surface area (Å²) in [5.74, 6) is 4.22. The van der Waals surface area contributed by atoms with Crippen molar-refractivity contribution < 1.29 is 9.47 Å². The molecule has 0 aliphatic carbocycles. The highest BCUT2D eigenvalue weighted by atomic mass is 16.5. The van der Waals surface area contributed by atoms with Gasteiger partial charge in [-0.2, -0.15) is 0 Å². The van der Waals surface area contributed by atoms with Crippen molar-refractivity contribution in [3.63, 3.8) is 0 Å². The van der Waals surface area contributed by atoms with Gasteiger partial charge in [0.15, 0.2) is 0 Å². The first-order valence-electron chi connectivity index (χ1n) is 8.40. The second-order valence-electron chi connectivity index (χ2n) is 6.00. The molecule has 0 heterocycles. The number of likely N-dealkylation sites (N-methyl/N-ethyl adjacent to an activating group) is 1. The molecule has 0 bridgehead atoms. The monoisotopic (exact) mass is 338 g/mol. The first-order chi connectivity index (χ1) is 12.2. The van der Waals surface area contributed by atoms with Gasteiger partial charge in [0.25, 0.3) is 0 Å². The molecule has 25 heavy (non-hydrogen) atoms. The molecule has 4 nitrogen and oxygen atoms in total. The van der Waals surface area contributed by atoms with E-state index in [-0.39, 0.29) is 6.61 Å². The fraction of sp³-hybridized carbons (Fsp3) is 0.333. The first kappa shape index (κ1) is 18.9. The van der Waals surface area contributed by atoms with Crippen molar-refractivity contribution >= 4 is 0 Å². The number of terminal acetylenes is 1. The lowest BCUT2D eigenvalue weighted by atomic mass is 10.2. The molecule has 0 saturated heterocycles. The van der Waals surface area contributed by atoms with E-state index in [0.717, 1.165) is 30.2 Å². The standard InChI is InChI=1S/C21H26N2O2/c1-4-13-25-21-11-6-5-9-19(21)17-22-16-18-8-7-10-20(15-18)24-14-12-23(2)3/h1,5-11,15,22H,12-14,16-17H2,2-3H3. The molecule has 2 aromatic rings. The number of nitrogens with one attached hydrogen (secondary N) is 1. The number of hydrogen-bond acceptors (Lipinski definition) is 4. The SMILES string of the molecule is C#CCOc1ccccc1CNCc1cccc(OCCN(C)C)c1. The fourth-order valence-corrected chi connectivity index (χ4v) is 2.34. The van der Waals surface area contributed by atoms with Crippen LogP contribution in [0.2, 0.25) is 0 Å². The van der Waals surface area contributed by atoms with Crippen LogP contribution in [0.5, 0.6) is 11.5 Å². The van der Waals surface area contributed by atoms with E-state index in [1.807, 2.05) is 50.5 Å². The van der Waals surface area contributed by atoms with Crippen molar-refractivity contribution in [3.05, 3.63) is 59.7 Å². The first-order valence-corrected chi connectivity index (χ1v) is 8.40. The highest BCUT2D eigenvalue weighted by molar-refractivity contribution is 5.34. The molecule has 132 valence electrons. The van der Waals surface area contributed by atoms with E-state index in [0.29, 0.717) is 13.2 Å². The van der Waals surface area contributed by atoms with Crippen LogP contribution in [0.3, 0.4) is 0 Å². The second kappa shape index (κ2) is 10.4. The van der Waals surface area contributed by atoms with Crippen molar-refractivity contribution in [1.82, 2.24) is 10.2 Å². The van der Waals surface area contributed by atoms with Gasteiger partial charge in [-0.1, -0.05) is 36.3 Å². The van der Waals surface area contributed by atoms with E-state index < -0.39 is 0 Å². The molecule has 0 amide bonds. The van der Waals surface area contributed by atoms with Crippen LogP contribution in [0.4, 0.5) is 0 Å². The molecule has 1 N–H and O–H groups in total. The lowest BCUT2D eigenvalue weighted by Gasteiger charge is -2.13. The van der Waals surface area contributed by atoms with E-state index in [9.17, 15) is 0 Å². The summed E-state index contributed by atoms with van der Waals surface area (Å²) in [6.45, 7) is 3.34. The molecule has 0 aliphatic heterocycles. The summed E-state index contributed by atoms with van der Waals surface area (Å²) in [6, 6.07) is 16.1. The van der Waals surface area contributed by atoms with Gasteiger partial charge in [-0.3, -0.25) is 0 Å². The third kappa shape index (κ3) is 6.88. The summed E-state index contributed by atoms with van der Waals surface area (Å²) in [5, 5.41) is 3.44. The summed E-state index contributed by atoms with van der Waals surface area (Å²) < 4.78 is 11.3.